The Hall–Kier alpha value is -3.35. The first-order chi connectivity index (χ1) is 14.7. The molecule has 2 amide bonds. The van der Waals surface area contributed by atoms with E-state index in [1.807, 2.05) is 58.0 Å². The second-order valence-electron chi connectivity index (χ2n) is 7.70. The van der Waals surface area contributed by atoms with Gasteiger partial charge in [0.2, 0.25) is 5.91 Å². The van der Waals surface area contributed by atoms with Crippen molar-refractivity contribution < 1.29 is 23.9 Å². The maximum Gasteiger partial charge on any atom is 0.326 e. The van der Waals surface area contributed by atoms with Crippen LogP contribution in [0, 0.1) is 27.7 Å². The summed E-state index contributed by atoms with van der Waals surface area (Å²) < 4.78 is 10.8. The number of ether oxygens (including phenoxy) is 2. The van der Waals surface area contributed by atoms with Crippen molar-refractivity contribution in [2.45, 2.75) is 34.6 Å². The summed E-state index contributed by atoms with van der Waals surface area (Å²) in [6.45, 7) is 9.12. The highest BCUT2D eigenvalue weighted by atomic mass is 16.5. The molecule has 0 N–H and O–H groups in total. The summed E-state index contributed by atoms with van der Waals surface area (Å²) in [5.74, 6) is -0.484. The SMILES string of the molecule is CCOC(=O)CN1C(=O)CN(C(=O)COc2c(C)cccc2C)c2cc(C)c(C)cc21. The third kappa shape index (κ3) is 4.71. The first kappa shape index (κ1) is 22.3. The molecule has 1 aliphatic heterocycles. The summed E-state index contributed by atoms with van der Waals surface area (Å²) in [5, 5.41) is 0. The highest BCUT2D eigenvalue weighted by molar-refractivity contribution is 6.13. The van der Waals surface area contributed by atoms with Crippen LogP contribution in [-0.4, -0.2) is 44.1 Å². The summed E-state index contributed by atoms with van der Waals surface area (Å²) in [6, 6.07) is 9.47. The Labute approximate surface area is 182 Å². The molecular weight excluding hydrogens is 396 g/mol. The van der Waals surface area contributed by atoms with E-state index in [1.54, 1.807) is 6.92 Å². The van der Waals surface area contributed by atoms with Crippen LogP contribution in [0.5, 0.6) is 5.75 Å². The molecule has 0 spiro atoms. The van der Waals surface area contributed by atoms with E-state index in [0.29, 0.717) is 17.1 Å². The molecule has 7 heteroatoms. The molecule has 31 heavy (non-hydrogen) atoms. The van der Waals surface area contributed by atoms with Crippen LogP contribution in [-0.2, 0) is 19.1 Å². The molecule has 0 aliphatic carbocycles. The van der Waals surface area contributed by atoms with Gasteiger partial charge in [0, 0.05) is 0 Å². The van der Waals surface area contributed by atoms with Gasteiger partial charge in [-0.2, -0.15) is 0 Å². The number of aryl methyl sites for hydroxylation is 4. The maximum atomic E-state index is 13.1. The van der Waals surface area contributed by atoms with Gasteiger partial charge in [-0.3, -0.25) is 24.2 Å². The molecule has 164 valence electrons. The minimum absolute atomic E-state index is 0.163. The van der Waals surface area contributed by atoms with Crippen molar-refractivity contribution in [3.63, 3.8) is 0 Å². The predicted molar refractivity (Wildman–Crippen MR) is 119 cm³/mol. The van der Waals surface area contributed by atoms with Crippen molar-refractivity contribution >= 4 is 29.2 Å². The topological polar surface area (TPSA) is 76.2 Å². The number of nitrogens with zero attached hydrogens (tertiary/aromatic N) is 2. The Morgan fingerprint density at radius 1 is 0.968 bits per heavy atom. The zero-order valence-corrected chi connectivity index (χ0v) is 18.7. The quantitative estimate of drug-likeness (QED) is 0.666. The number of rotatable bonds is 6. The van der Waals surface area contributed by atoms with Gasteiger partial charge in [0.05, 0.1) is 18.0 Å². The van der Waals surface area contributed by atoms with E-state index in [1.165, 1.54) is 9.80 Å². The van der Waals surface area contributed by atoms with E-state index in [-0.39, 0.29) is 38.1 Å². The standard InChI is InChI=1S/C24H28N2O5/c1-6-30-23(29)13-26-20-11-18(5)17(4)10-19(20)25(12-21(26)27)22(28)14-31-24-15(2)8-7-9-16(24)3/h7-11H,6,12-14H2,1-5H3. The van der Waals surface area contributed by atoms with Crippen molar-refractivity contribution in [3.8, 4) is 5.75 Å². The predicted octanol–water partition coefficient (Wildman–Crippen LogP) is 3.24. The molecule has 0 saturated heterocycles. The number of benzene rings is 2. The number of hydrogen-bond acceptors (Lipinski definition) is 5. The van der Waals surface area contributed by atoms with E-state index < -0.39 is 5.97 Å². The molecule has 2 aromatic rings. The number of carbonyl (C=O) groups is 3. The number of esters is 1. The number of fused-ring (bicyclic) bond motifs is 1. The number of para-hydroxylation sites is 1. The Bertz CT molecular complexity index is 1010. The Morgan fingerprint density at radius 2 is 1.58 bits per heavy atom. The zero-order valence-electron chi connectivity index (χ0n) is 18.7. The van der Waals surface area contributed by atoms with Gasteiger partial charge in [-0.1, -0.05) is 18.2 Å². The lowest BCUT2D eigenvalue weighted by Gasteiger charge is -2.36. The highest BCUT2D eigenvalue weighted by Gasteiger charge is 2.34. The second kappa shape index (κ2) is 9.20. The minimum Gasteiger partial charge on any atom is -0.483 e. The van der Waals surface area contributed by atoms with Crippen LogP contribution < -0.4 is 14.5 Å². The smallest absolute Gasteiger partial charge is 0.326 e. The molecule has 0 bridgehead atoms. The van der Waals surface area contributed by atoms with Gasteiger partial charge >= 0.3 is 5.97 Å². The fraction of sp³-hybridized carbons (Fsp3) is 0.375. The van der Waals surface area contributed by atoms with Gasteiger partial charge in [-0.25, -0.2) is 0 Å². The summed E-state index contributed by atoms with van der Waals surface area (Å²) in [4.78, 5) is 40.8. The summed E-state index contributed by atoms with van der Waals surface area (Å²) in [5.41, 5.74) is 4.93. The first-order valence-electron chi connectivity index (χ1n) is 10.3. The van der Waals surface area contributed by atoms with Crippen LogP contribution in [0.3, 0.4) is 0 Å². The van der Waals surface area contributed by atoms with Crippen molar-refractivity contribution in [1.82, 2.24) is 0 Å². The van der Waals surface area contributed by atoms with E-state index in [4.69, 9.17) is 9.47 Å². The lowest BCUT2D eigenvalue weighted by molar-refractivity contribution is -0.142. The molecule has 3 rings (SSSR count). The van der Waals surface area contributed by atoms with Crippen LogP contribution >= 0.6 is 0 Å². The first-order valence-corrected chi connectivity index (χ1v) is 10.3. The number of amides is 2. The van der Waals surface area contributed by atoms with E-state index in [2.05, 4.69) is 0 Å². The third-order valence-corrected chi connectivity index (χ3v) is 5.41. The Kier molecular flexibility index (Phi) is 6.63. The van der Waals surface area contributed by atoms with Gasteiger partial charge in [0.15, 0.2) is 6.61 Å². The Balaban J connectivity index is 1.89. The number of hydrogen-bond donors (Lipinski definition) is 0. The van der Waals surface area contributed by atoms with Crippen molar-refractivity contribution in [2.24, 2.45) is 0 Å². The van der Waals surface area contributed by atoms with Gasteiger partial charge in [-0.15, -0.1) is 0 Å². The summed E-state index contributed by atoms with van der Waals surface area (Å²) in [6.07, 6.45) is 0. The molecule has 0 aromatic heterocycles. The summed E-state index contributed by atoms with van der Waals surface area (Å²) >= 11 is 0. The van der Waals surface area contributed by atoms with Crippen LogP contribution in [0.15, 0.2) is 30.3 Å². The molecule has 0 unspecified atom stereocenters. The lowest BCUT2D eigenvalue weighted by atomic mass is 10.0. The van der Waals surface area contributed by atoms with E-state index in [0.717, 1.165) is 22.3 Å². The molecule has 2 aromatic carbocycles. The molecular formula is C24H28N2O5. The molecule has 1 aliphatic rings. The van der Waals surface area contributed by atoms with Crippen molar-refractivity contribution in [2.75, 3.05) is 36.1 Å². The normalized spacial score (nSPS) is 13.1. The molecule has 1 heterocycles. The fourth-order valence-corrected chi connectivity index (χ4v) is 3.63. The van der Waals surface area contributed by atoms with E-state index in [9.17, 15) is 14.4 Å². The van der Waals surface area contributed by atoms with Gasteiger partial charge in [-0.05, 0) is 69.0 Å². The van der Waals surface area contributed by atoms with Gasteiger partial charge in [0.1, 0.15) is 18.8 Å². The molecule has 7 nitrogen and oxygen atoms in total. The number of carbonyl (C=O) groups excluding carboxylic acids is 3. The Morgan fingerprint density at radius 3 is 2.19 bits per heavy atom. The monoisotopic (exact) mass is 424 g/mol. The van der Waals surface area contributed by atoms with Crippen LogP contribution in [0.25, 0.3) is 0 Å². The molecule has 0 fully saturated rings. The van der Waals surface area contributed by atoms with Crippen LogP contribution in [0.1, 0.15) is 29.2 Å². The lowest BCUT2D eigenvalue weighted by Crippen LogP contribution is -2.51. The van der Waals surface area contributed by atoms with Crippen molar-refractivity contribution in [3.05, 3.63) is 52.6 Å². The summed E-state index contributed by atoms with van der Waals surface area (Å²) in [7, 11) is 0. The second-order valence-corrected chi connectivity index (χ2v) is 7.70. The van der Waals surface area contributed by atoms with E-state index >= 15 is 0 Å². The number of anilines is 2. The minimum atomic E-state index is -0.488. The average molecular weight is 424 g/mol. The molecule has 0 radical (unpaired) electrons. The maximum absolute atomic E-state index is 13.1. The van der Waals surface area contributed by atoms with Gasteiger partial charge < -0.3 is 9.47 Å². The zero-order chi connectivity index (χ0) is 22.7. The molecule has 0 atom stereocenters. The largest absolute Gasteiger partial charge is 0.483 e. The molecule has 0 saturated carbocycles. The van der Waals surface area contributed by atoms with Crippen LogP contribution in [0.2, 0.25) is 0 Å². The fourth-order valence-electron chi connectivity index (χ4n) is 3.63. The highest BCUT2D eigenvalue weighted by Crippen LogP contribution is 2.36. The van der Waals surface area contributed by atoms with Gasteiger partial charge in [0.25, 0.3) is 5.91 Å². The average Bonchev–Trinajstić information content (AvgIpc) is 2.71. The van der Waals surface area contributed by atoms with Crippen LogP contribution in [0.4, 0.5) is 11.4 Å². The van der Waals surface area contributed by atoms with Crippen molar-refractivity contribution in [1.29, 1.82) is 0 Å². The third-order valence-electron chi connectivity index (χ3n) is 5.41.